The third-order valence-electron chi connectivity index (χ3n) is 0.853. The van der Waals surface area contributed by atoms with E-state index < -0.39 is 0 Å². The van der Waals surface area contributed by atoms with E-state index in [1.54, 1.807) is 0 Å². The third-order valence-corrected chi connectivity index (χ3v) is 0.853. The zero-order valence-electron chi connectivity index (χ0n) is 4.55. The van der Waals surface area contributed by atoms with Gasteiger partial charge in [0, 0.05) is 0 Å². The highest BCUT2D eigenvalue weighted by Crippen LogP contribution is 1.89. The van der Waals surface area contributed by atoms with Crippen molar-refractivity contribution in [1.29, 1.82) is 10.8 Å². The number of hydrogen-bond donors (Lipinski definition) is 3. The van der Waals surface area contributed by atoms with Crippen LogP contribution in [0.3, 0.4) is 0 Å². The summed E-state index contributed by atoms with van der Waals surface area (Å²) in [6.45, 7) is 0. The van der Waals surface area contributed by atoms with Crippen molar-refractivity contribution < 1.29 is 0 Å². The van der Waals surface area contributed by atoms with Gasteiger partial charge in [-0.3, -0.25) is 10.8 Å². The molecule has 0 spiro atoms. The minimum absolute atomic E-state index is 0.0394. The van der Waals surface area contributed by atoms with Gasteiger partial charge in [-0.25, -0.2) is 9.98 Å². The molecule has 0 unspecified atom stereocenters. The molecule has 1 aliphatic rings. The second-order valence-electron chi connectivity index (χ2n) is 1.48. The van der Waals surface area contributed by atoms with Gasteiger partial charge in [0.15, 0.2) is 11.5 Å². The predicted molar refractivity (Wildman–Crippen MR) is 35.6 cm³/mol. The lowest BCUT2D eigenvalue weighted by atomic mass is 10.3. The largest absolute Gasteiger partial charge is 0.382 e. The number of nitrogens with two attached hydrogens (primary N) is 1. The Labute approximate surface area is 51.3 Å². The summed E-state index contributed by atoms with van der Waals surface area (Å²) in [6, 6.07) is 0. The molecule has 0 amide bonds. The highest BCUT2D eigenvalue weighted by molar-refractivity contribution is 6.68. The number of rotatable bonds is 1. The van der Waals surface area contributed by atoms with Crippen LogP contribution >= 0.6 is 0 Å². The summed E-state index contributed by atoms with van der Waals surface area (Å²) in [7, 11) is 0. The molecule has 1 rings (SSSR count). The van der Waals surface area contributed by atoms with Crippen molar-refractivity contribution in [2.45, 2.75) is 0 Å². The van der Waals surface area contributed by atoms with Crippen LogP contribution in [0.4, 0.5) is 0 Å². The molecule has 0 atom stereocenters. The van der Waals surface area contributed by atoms with E-state index in [1.165, 1.54) is 6.34 Å². The summed E-state index contributed by atoms with van der Waals surface area (Å²) in [5.74, 6) is -0.250. The maximum Gasteiger partial charge on any atom is 0.176 e. The van der Waals surface area contributed by atoms with E-state index in [-0.39, 0.29) is 17.4 Å². The molecule has 0 fully saturated rings. The Morgan fingerprint density at radius 3 is 2.56 bits per heavy atom. The van der Waals surface area contributed by atoms with Crippen LogP contribution in [0.1, 0.15) is 0 Å². The average Bonchev–Trinajstić information content (AvgIpc) is 2.13. The Hall–Kier alpha value is -1.52. The molecule has 4 N–H and O–H groups in total. The van der Waals surface area contributed by atoms with Crippen molar-refractivity contribution >= 4 is 23.7 Å². The topological polar surface area (TPSA) is 98.4 Å². The molecule has 9 heavy (non-hydrogen) atoms. The molecule has 0 aromatic carbocycles. The normalized spacial score (nSPS) is 16.0. The van der Waals surface area contributed by atoms with Crippen molar-refractivity contribution in [3.63, 3.8) is 0 Å². The summed E-state index contributed by atoms with van der Waals surface area (Å²) in [6.07, 6.45) is 1.21. The molecule has 1 aliphatic heterocycles. The fourth-order valence-corrected chi connectivity index (χ4v) is 0.464. The molecule has 0 aromatic rings. The summed E-state index contributed by atoms with van der Waals surface area (Å²) in [5.41, 5.74) is 5.17. The van der Waals surface area contributed by atoms with Crippen molar-refractivity contribution in [2.24, 2.45) is 15.7 Å². The summed E-state index contributed by atoms with van der Waals surface area (Å²) in [5, 5.41) is 13.8. The molecule has 1 heterocycles. The molecule has 0 bridgehead atoms. The van der Waals surface area contributed by atoms with Gasteiger partial charge in [0.2, 0.25) is 0 Å². The Bertz CT molecular complexity index is 223. The van der Waals surface area contributed by atoms with Crippen LogP contribution in [-0.2, 0) is 0 Å². The Kier molecular flexibility index (Phi) is 1.11. The van der Waals surface area contributed by atoms with Gasteiger partial charge in [0.25, 0.3) is 0 Å². The second kappa shape index (κ2) is 1.77. The minimum atomic E-state index is -0.211. The van der Waals surface area contributed by atoms with Crippen molar-refractivity contribution in [3.05, 3.63) is 0 Å². The molecular formula is C4H5N5. The molecule has 0 saturated carbocycles. The lowest BCUT2D eigenvalue weighted by molar-refractivity contribution is 1.47. The number of amidine groups is 2. The van der Waals surface area contributed by atoms with Crippen LogP contribution in [0.2, 0.25) is 0 Å². The van der Waals surface area contributed by atoms with Crippen LogP contribution in [0.5, 0.6) is 0 Å². The SMILES string of the molecule is N=C(N)C1=NC=NC1=N. The zero-order chi connectivity index (χ0) is 6.85. The highest BCUT2D eigenvalue weighted by Gasteiger charge is 2.11. The van der Waals surface area contributed by atoms with E-state index in [4.69, 9.17) is 16.6 Å². The van der Waals surface area contributed by atoms with E-state index in [0.717, 1.165) is 0 Å². The molecule has 0 radical (unpaired) electrons. The first-order valence-electron chi connectivity index (χ1n) is 2.25. The van der Waals surface area contributed by atoms with E-state index in [0.29, 0.717) is 0 Å². The lowest BCUT2D eigenvalue weighted by Gasteiger charge is -1.91. The lowest BCUT2D eigenvalue weighted by Crippen LogP contribution is -2.26. The van der Waals surface area contributed by atoms with E-state index >= 15 is 0 Å². The molecule has 5 heteroatoms. The summed E-state index contributed by atoms with van der Waals surface area (Å²) >= 11 is 0. The minimum Gasteiger partial charge on any atom is -0.382 e. The van der Waals surface area contributed by atoms with Gasteiger partial charge in [-0.2, -0.15) is 0 Å². The fraction of sp³-hybridized carbons (Fsp3) is 0. The second-order valence-corrected chi connectivity index (χ2v) is 1.48. The maximum atomic E-state index is 6.99. The molecule has 0 saturated heterocycles. The smallest absolute Gasteiger partial charge is 0.176 e. The van der Waals surface area contributed by atoms with Gasteiger partial charge in [-0.1, -0.05) is 0 Å². The number of aliphatic imine (C=N–C) groups is 2. The molecule has 46 valence electrons. The van der Waals surface area contributed by atoms with Crippen molar-refractivity contribution in [1.82, 2.24) is 0 Å². The fourth-order valence-electron chi connectivity index (χ4n) is 0.464. The average molecular weight is 123 g/mol. The van der Waals surface area contributed by atoms with Crippen LogP contribution < -0.4 is 5.73 Å². The van der Waals surface area contributed by atoms with Crippen LogP contribution in [0.15, 0.2) is 9.98 Å². The quantitative estimate of drug-likeness (QED) is 0.314. The Balaban J connectivity index is 2.88. The Morgan fingerprint density at radius 2 is 2.33 bits per heavy atom. The van der Waals surface area contributed by atoms with Gasteiger partial charge < -0.3 is 5.73 Å². The van der Waals surface area contributed by atoms with Gasteiger partial charge in [-0.15, -0.1) is 0 Å². The van der Waals surface area contributed by atoms with Crippen LogP contribution in [0.25, 0.3) is 0 Å². The Morgan fingerprint density at radius 1 is 1.67 bits per heavy atom. The van der Waals surface area contributed by atoms with Crippen LogP contribution in [0, 0.1) is 10.8 Å². The predicted octanol–water partition coefficient (Wildman–Crippen LogP) is -0.617. The van der Waals surface area contributed by atoms with E-state index in [2.05, 4.69) is 9.98 Å². The molecular weight excluding hydrogens is 118 g/mol. The van der Waals surface area contributed by atoms with E-state index in [9.17, 15) is 0 Å². The van der Waals surface area contributed by atoms with E-state index in [1.807, 2.05) is 0 Å². The van der Waals surface area contributed by atoms with Crippen molar-refractivity contribution in [2.75, 3.05) is 0 Å². The van der Waals surface area contributed by atoms with Gasteiger partial charge >= 0.3 is 0 Å². The van der Waals surface area contributed by atoms with Crippen molar-refractivity contribution in [3.8, 4) is 0 Å². The monoisotopic (exact) mass is 123 g/mol. The number of nitrogens with one attached hydrogen (secondary N) is 2. The van der Waals surface area contributed by atoms with Gasteiger partial charge in [-0.05, 0) is 0 Å². The molecule has 0 aromatic heterocycles. The number of hydrogen-bond acceptors (Lipinski definition) is 3. The standard InChI is InChI=1S/C4H5N5/c5-3(6)2-4(7)9-1-8-2/h1,7H,(H3,5,6). The maximum absolute atomic E-state index is 6.99. The van der Waals surface area contributed by atoms with Crippen LogP contribution in [-0.4, -0.2) is 23.7 Å². The van der Waals surface area contributed by atoms with Gasteiger partial charge in [0.05, 0.1) is 0 Å². The van der Waals surface area contributed by atoms with Gasteiger partial charge in [0.1, 0.15) is 12.2 Å². The highest BCUT2D eigenvalue weighted by atomic mass is 15.0. The number of nitrogens with zero attached hydrogens (tertiary/aromatic N) is 2. The summed E-state index contributed by atoms with van der Waals surface area (Å²) in [4.78, 5) is 7.04. The zero-order valence-corrected chi connectivity index (χ0v) is 4.55. The summed E-state index contributed by atoms with van der Waals surface area (Å²) < 4.78 is 0. The third kappa shape index (κ3) is 0.835. The first kappa shape index (κ1) is 5.61. The molecule has 5 nitrogen and oxygen atoms in total. The molecule has 0 aliphatic carbocycles. The first-order chi connectivity index (χ1) is 4.22. The first-order valence-corrected chi connectivity index (χ1v) is 2.25.